The Morgan fingerprint density at radius 1 is 1.59 bits per heavy atom. The molecule has 3 unspecified atom stereocenters. The maximum absolute atomic E-state index is 12.4. The quantitative estimate of drug-likeness (QED) is 0.773. The molecule has 3 atom stereocenters. The zero-order valence-electron chi connectivity index (χ0n) is 10.8. The van der Waals surface area contributed by atoms with E-state index < -0.39 is 0 Å². The molecule has 0 aliphatic carbocycles. The minimum atomic E-state index is -0.317. The standard InChI is InChI=1S/C12H22N2O2S/c1-4-5-10(11(13)17)12(15)14-6-9(3)16-7-8(14)2/h8-10H,4-7H2,1-3H3,(H2,13,17). The van der Waals surface area contributed by atoms with Gasteiger partial charge in [0.25, 0.3) is 0 Å². The van der Waals surface area contributed by atoms with Crippen LogP contribution in [-0.2, 0) is 9.53 Å². The first-order valence-corrected chi connectivity index (χ1v) is 6.59. The van der Waals surface area contributed by atoms with Gasteiger partial charge in [0.05, 0.1) is 29.7 Å². The van der Waals surface area contributed by atoms with Crippen molar-refractivity contribution in [2.24, 2.45) is 11.7 Å². The third kappa shape index (κ3) is 3.64. The molecule has 1 aliphatic rings. The van der Waals surface area contributed by atoms with Gasteiger partial charge in [-0.3, -0.25) is 4.79 Å². The lowest BCUT2D eigenvalue weighted by Gasteiger charge is -2.38. The Labute approximate surface area is 108 Å². The maximum atomic E-state index is 12.4. The summed E-state index contributed by atoms with van der Waals surface area (Å²) in [6.45, 7) is 7.21. The normalized spacial score (nSPS) is 26.6. The molecule has 0 radical (unpaired) electrons. The Bertz CT molecular complexity index is 296. The third-order valence-corrected chi connectivity index (χ3v) is 3.39. The van der Waals surface area contributed by atoms with Crippen LogP contribution >= 0.6 is 12.2 Å². The van der Waals surface area contributed by atoms with E-state index in [2.05, 4.69) is 0 Å². The van der Waals surface area contributed by atoms with Crippen LogP contribution in [0.15, 0.2) is 0 Å². The van der Waals surface area contributed by atoms with Crippen LogP contribution < -0.4 is 5.73 Å². The molecule has 0 aromatic rings. The largest absolute Gasteiger partial charge is 0.393 e. The average molecular weight is 258 g/mol. The molecule has 17 heavy (non-hydrogen) atoms. The van der Waals surface area contributed by atoms with Crippen molar-refractivity contribution in [3.8, 4) is 0 Å². The van der Waals surface area contributed by atoms with E-state index >= 15 is 0 Å². The molecule has 98 valence electrons. The summed E-state index contributed by atoms with van der Waals surface area (Å²) in [5.41, 5.74) is 5.66. The van der Waals surface area contributed by atoms with E-state index in [-0.39, 0.29) is 24.0 Å². The summed E-state index contributed by atoms with van der Waals surface area (Å²) < 4.78 is 5.51. The zero-order valence-corrected chi connectivity index (χ0v) is 11.6. The summed E-state index contributed by atoms with van der Waals surface area (Å²) in [6, 6.07) is 0.104. The van der Waals surface area contributed by atoms with Gasteiger partial charge in [0.15, 0.2) is 0 Å². The fourth-order valence-electron chi connectivity index (χ4n) is 2.09. The molecule has 5 heteroatoms. The first-order valence-electron chi connectivity index (χ1n) is 6.18. The van der Waals surface area contributed by atoms with E-state index in [1.807, 2.05) is 25.7 Å². The first kappa shape index (κ1) is 14.4. The second kappa shape index (κ2) is 6.31. The fourth-order valence-corrected chi connectivity index (χ4v) is 2.31. The van der Waals surface area contributed by atoms with Gasteiger partial charge < -0.3 is 15.4 Å². The second-order valence-electron chi connectivity index (χ2n) is 4.73. The Morgan fingerprint density at radius 2 is 2.24 bits per heavy atom. The molecule has 0 saturated carbocycles. The van der Waals surface area contributed by atoms with Crippen molar-refractivity contribution in [3.63, 3.8) is 0 Å². The number of carbonyl (C=O) groups is 1. The van der Waals surface area contributed by atoms with Gasteiger partial charge in [0, 0.05) is 6.54 Å². The molecule has 0 aromatic heterocycles. The molecule has 0 aromatic carbocycles. The number of nitrogens with two attached hydrogens (primary N) is 1. The summed E-state index contributed by atoms with van der Waals surface area (Å²) in [6.07, 6.45) is 1.72. The van der Waals surface area contributed by atoms with E-state index in [1.54, 1.807) is 0 Å². The van der Waals surface area contributed by atoms with Crippen molar-refractivity contribution < 1.29 is 9.53 Å². The van der Waals surface area contributed by atoms with Crippen molar-refractivity contribution in [3.05, 3.63) is 0 Å². The van der Waals surface area contributed by atoms with Crippen LogP contribution in [0.1, 0.15) is 33.6 Å². The van der Waals surface area contributed by atoms with Gasteiger partial charge in [0.2, 0.25) is 5.91 Å². The van der Waals surface area contributed by atoms with Crippen LogP contribution in [0.4, 0.5) is 0 Å². The zero-order chi connectivity index (χ0) is 13.0. The Morgan fingerprint density at radius 3 is 2.76 bits per heavy atom. The number of nitrogens with zero attached hydrogens (tertiary/aromatic N) is 1. The van der Waals surface area contributed by atoms with Crippen LogP contribution in [0, 0.1) is 5.92 Å². The van der Waals surface area contributed by atoms with E-state index in [4.69, 9.17) is 22.7 Å². The smallest absolute Gasteiger partial charge is 0.232 e. The molecule has 1 saturated heterocycles. The van der Waals surface area contributed by atoms with Crippen molar-refractivity contribution >= 4 is 23.1 Å². The molecule has 0 bridgehead atoms. The summed E-state index contributed by atoms with van der Waals surface area (Å²) in [7, 11) is 0. The third-order valence-electron chi connectivity index (χ3n) is 3.11. The minimum absolute atomic E-state index is 0.0574. The highest BCUT2D eigenvalue weighted by molar-refractivity contribution is 7.80. The average Bonchev–Trinajstić information content (AvgIpc) is 2.28. The highest BCUT2D eigenvalue weighted by atomic mass is 32.1. The summed E-state index contributed by atoms with van der Waals surface area (Å²) >= 11 is 5.00. The molecule has 0 spiro atoms. The highest BCUT2D eigenvalue weighted by Crippen LogP contribution is 2.18. The van der Waals surface area contributed by atoms with Gasteiger partial charge in [0.1, 0.15) is 0 Å². The van der Waals surface area contributed by atoms with Gasteiger partial charge in [-0.25, -0.2) is 0 Å². The molecule has 1 rings (SSSR count). The lowest BCUT2D eigenvalue weighted by molar-refractivity contribution is -0.145. The SMILES string of the molecule is CCCC(C(=O)N1CC(C)OCC1C)C(N)=S. The van der Waals surface area contributed by atoms with Gasteiger partial charge in [-0.1, -0.05) is 25.6 Å². The Balaban J connectivity index is 2.74. The number of hydrogen-bond donors (Lipinski definition) is 1. The number of amides is 1. The summed E-state index contributed by atoms with van der Waals surface area (Å²) in [4.78, 5) is 14.6. The van der Waals surface area contributed by atoms with Crippen LogP contribution in [0.3, 0.4) is 0 Å². The van der Waals surface area contributed by atoms with E-state index in [1.165, 1.54) is 0 Å². The van der Waals surface area contributed by atoms with Gasteiger partial charge in [-0.05, 0) is 20.3 Å². The lowest BCUT2D eigenvalue weighted by atomic mass is 10.0. The van der Waals surface area contributed by atoms with Crippen LogP contribution in [0.25, 0.3) is 0 Å². The Hall–Kier alpha value is -0.680. The van der Waals surface area contributed by atoms with Crippen LogP contribution in [0.5, 0.6) is 0 Å². The molecule has 1 fully saturated rings. The van der Waals surface area contributed by atoms with Gasteiger partial charge >= 0.3 is 0 Å². The van der Waals surface area contributed by atoms with E-state index in [9.17, 15) is 4.79 Å². The Kier molecular flexibility index (Phi) is 5.33. The minimum Gasteiger partial charge on any atom is -0.393 e. The predicted molar refractivity (Wildman–Crippen MR) is 71.8 cm³/mol. The van der Waals surface area contributed by atoms with Crippen molar-refractivity contribution in [1.29, 1.82) is 0 Å². The molecular weight excluding hydrogens is 236 g/mol. The number of morpholine rings is 1. The number of ether oxygens (including phenoxy) is 1. The highest BCUT2D eigenvalue weighted by Gasteiger charge is 2.32. The summed E-state index contributed by atoms with van der Waals surface area (Å²) in [5, 5.41) is 0. The van der Waals surface area contributed by atoms with E-state index in [0.717, 1.165) is 12.8 Å². The van der Waals surface area contributed by atoms with E-state index in [0.29, 0.717) is 18.1 Å². The second-order valence-corrected chi connectivity index (χ2v) is 5.20. The van der Waals surface area contributed by atoms with Crippen LogP contribution in [-0.4, -0.2) is 41.1 Å². The monoisotopic (exact) mass is 258 g/mol. The summed E-state index contributed by atoms with van der Waals surface area (Å²) in [5.74, 6) is -0.259. The van der Waals surface area contributed by atoms with Crippen molar-refractivity contribution in [2.45, 2.75) is 45.8 Å². The molecule has 2 N–H and O–H groups in total. The fraction of sp³-hybridized carbons (Fsp3) is 0.833. The van der Waals surface area contributed by atoms with Crippen molar-refractivity contribution in [2.75, 3.05) is 13.2 Å². The lowest BCUT2D eigenvalue weighted by Crippen LogP contribution is -2.53. The molecule has 4 nitrogen and oxygen atoms in total. The maximum Gasteiger partial charge on any atom is 0.232 e. The van der Waals surface area contributed by atoms with Gasteiger partial charge in [-0.15, -0.1) is 0 Å². The number of rotatable bonds is 4. The number of hydrogen-bond acceptors (Lipinski definition) is 3. The molecule has 1 aliphatic heterocycles. The number of thiocarbonyl (C=S) groups is 1. The topological polar surface area (TPSA) is 55.6 Å². The number of carbonyl (C=O) groups excluding carboxylic acids is 1. The first-order chi connectivity index (χ1) is 7.97. The molecular formula is C12H22N2O2S. The van der Waals surface area contributed by atoms with Gasteiger partial charge in [-0.2, -0.15) is 0 Å². The molecule has 1 heterocycles. The van der Waals surface area contributed by atoms with Crippen LogP contribution in [0.2, 0.25) is 0 Å². The molecule has 1 amide bonds. The predicted octanol–water partition coefficient (Wildman–Crippen LogP) is 1.32. The van der Waals surface area contributed by atoms with Crippen molar-refractivity contribution in [1.82, 2.24) is 4.90 Å².